The molecule has 0 amide bonds. The van der Waals surface area contributed by atoms with Gasteiger partial charge in [-0.2, -0.15) is 31.4 Å². The lowest BCUT2D eigenvalue weighted by molar-refractivity contribution is -0.192. The van der Waals surface area contributed by atoms with Gasteiger partial charge in [-0.25, -0.2) is 19.3 Å². The number of halogens is 7. The second kappa shape index (κ2) is 13.0. The Balaban J connectivity index is 0.000000566. The fourth-order valence-corrected chi connectivity index (χ4v) is 4.77. The van der Waals surface area contributed by atoms with E-state index in [9.17, 15) is 30.7 Å². The molecule has 1 aliphatic carbocycles. The molecule has 236 valence electrons. The minimum atomic E-state index is -5.08. The van der Waals surface area contributed by atoms with Crippen molar-refractivity contribution >= 4 is 29.8 Å². The van der Waals surface area contributed by atoms with Crippen molar-refractivity contribution in [1.82, 2.24) is 25.4 Å². The molecule has 0 saturated heterocycles. The van der Waals surface area contributed by atoms with Crippen LogP contribution in [0.2, 0.25) is 0 Å². The Morgan fingerprint density at radius 3 is 2.34 bits per heavy atom. The van der Waals surface area contributed by atoms with Gasteiger partial charge in [-0.05, 0) is 62.2 Å². The third-order valence-electron chi connectivity index (χ3n) is 6.68. The normalized spacial score (nSPS) is 18.7. The van der Waals surface area contributed by atoms with Crippen LogP contribution in [0.25, 0.3) is 0 Å². The van der Waals surface area contributed by atoms with Gasteiger partial charge in [0.2, 0.25) is 5.89 Å². The van der Waals surface area contributed by atoms with Gasteiger partial charge in [-0.1, -0.05) is 12.1 Å². The van der Waals surface area contributed by atoms with Crippen LogP contribution in [0.4, 0.5) is 42.4 Å². The first-order valence-electron chi connectivity index (χ1n) is 12.8. The Kier molecular flexibility index (Phi) is 9.60. The number of pyridine rings is 1. The molecule has 0 unspecified atom stereocenters. The Morgan fingerprint density at radius 1 is 1.09 bits per heavy atom. The number of aromatic amines is 2. The van der Waals surface area contributed by atoms with E-state index in [1.54, 1.807) is 12.3 Å². The predicted octanol–water partition coefficient (Wildman–Crippen LogP) is 6.89. The average molecular weight is 649 g/mol. The van der Waals surface area contributed by atoms with Crippen LogP contribution < -0.4 is 10.1 Å². The second-order valence-electron chi connectivity index (χ2n) is 9.72. The number of alkyl halides is 6. The minimum absolute atomic E-state index is 0.140. The predicted molar refractivity (Wildman–Crippen MR) is 141 cm³/mol. The van der Waals surface area contributed by atoms with Crippen molar-refractivity contribution in [2.75, 3.05) is 5.32 Å². The van der Waals surface area contributed by atoms with Gasteiger partial charge in [-0.3, -0.25) is 5.10 Å². The van der Waals surface area contributed by atoms with Gasteiger partial charge in [-0.15, -0.1) is 5.10 Å². The number of hydrogen-bond acceptors (Lipinski definition) is 8. The number of H-pyrrole nitrogens is 2. The van der Waals surface area contributed by atoms with Crippen molar-refractivity contribution in [3.8, 4) is 5.75 Å². The van der Waals surface area contributed by atoms with Crippen molar-refractivity contribution in [3.63, 3.8) is 0 Å². The number of nitrogens with zero attached hydrogens (tertiary/aromatic N) is 3. The van der Waals surface area contributed by atoms with Crippen molar-refractivity contribution in [2.45, 2.75) is 56.0 Å². The lowest BCUT2D eigenvalue weighted by Gasteiger charge is -2.37. The van der Waals surface area contributed by atoms with E-state index in [1.807, 2.05) is 18.2 Å². The summed E-state index contributed by atoms with van der Waals surface area (Å²) in [4.78, 5) is 13.7. The molecular weight excluding hydrogens is 625 g/mol. The highest BCUT2D eigenvalue weighted by Crippen LogP contribution is 2.43. The summed E-state index contributed by atoms with van der Waals surface area (Å²) in [7, 11) is 0. The number of aliphatic carboxylic acids is 1. The summed E-state index contributed by atoms with van der Waals surface area (Å²) in [6, 6.07) is 10.4. The maximum absolute atomic E-state index is 14.5. The molecule has 0 radical (unpaired) electrons. The quantitative estimate of drug-likeness (QED) is 0.125. The summed E-state index contributed by atoms with van der Waals surface area (Å²) in [6.45, 7) is 0. The van der Waals surface area contributed by atoms with Crippen molar-refractivity contribution in [3.05, 3.63) is 76.5 Å². The highest BCUT2D eigenvalue weighted by atomic mass is 32.1. The zero-order valence-corrected chi connectivity index (χ0v) is 23.1. The van der Waals surface area contributed by atoms with Gasteiger partial charge < -0.3 is 19.6 Å². The number of hydrogen-bond donors (Lipinski definition) is 4. The SMILES string of the molecule is Fc1c(OC2CCC(Cc3cccc(Nc4ccn[nH]4)n3)(c3n[nH]c(=S)o3)CC2)cccc1C(F)(F)F.O=C(O)C(F)(F)F. The van der Waals surface area contributed by atoms with Gasteiger partial charge in [0.05, 0.1) is 23.3 Å². The number of aromatic nitrogens is 5. The number of carbonyl (C=O) groups is 1. The van der Waals surface area contributed by atoms with Crippen molar-refractivity contribution in [2.24, 2.45) is 0 Å². The van der Waals surface area contributed by atoms with Gasteiger partial charge >= 0.3 is 18.3 Å². The number of anilines is 2. The standard InChI is InChI=1S/C24H22F4N6O2S.C2HF3O2/c25-20-16(24(26,27)28)4-2-5-17(20)35-15-7-10-23(11-8-15,21-33-34-22(37)36-21)13-14-3-1-6-18(30-14)31-19-9-12-29-32-19;3-2(4,5)1(6)7/h1-6,9,12,15H,7-8,10-11,13H2,(H,34,37)(H2,29,30,31,32);(H,6,7). The van der Waals surface area contributed by atoms with E-state index in [-0.39, 0.29) is 4.84 Å². The van der Waals surface area contributed by atoms with Crippen LogP contribution in [0.1, 0.15) is 42.8 Å². The zero-order valence-electron chi connectivity index (χ0n) is 22.3. The highest BCUT2D eigenvalue weighted by molar-refractivity contribution is 7.71. The van der Waals surface area contributed by atoms with Crippen molar-refractivity contribution < 1.29 is 49.8 Å². The molecule has 4 aromatic rings. The largest absolute Gasteiger partial charge is 0.490 e. The molecule has 44 heavy (non-hydrogen) atoms. The summed E-state index contributed by atoms with van der Waals surface area (Å²) in [5.41, 5.74) is -1.16. The van der Waals surface area contributed by atoms with Gasteiger partial charge in [0.15, 0.2) is 11.6 Å². The molecule has 0 spiro atoms. The first-order valence-corrected chi connectivity index (χ1v) is 13.2. The molecular formula is C26H23F7N6O4S. The summed E-state index contributed by atoms with van der Waals surface area (Å²) in [5.74, 6) is -2.84. The highest BCUT2D eigenvalue weighted by Gasteiger charge is 2.43. The van der Waals surface area contributed by atoms with Gasteiger partial charge in [0.1, 0.15) is 11.6 Å². The van der Waals surface area contributed by atoms with Crippen LogP contribution in [0.3, 0.4) is 0 Å². The molecule has 1 aliphatic rings. The number of benzene rings is 1. The number of carboxylic acids is 1. The van der Waals surface area contributed by atoms with E-state index in [0.29, 0.717) is 55.7 Å². The molecule has 4 N–H and O–H groups in total. The smallest absolute Gasteiger partial charge is 0.487 e. The Morgan fingerprint density at radius 2 is 1.77 bits per heavy atom. The Hall–Kier alpha value is -4.48. The topological polar surface area (TPSA) is 142 Å². The van der Waals surface area contributed by atoms with Crippen LogP contribution >= 0.6 is 12.2 Å². The zero-order chi connectivity index (χ0) is 32.1. The lowest BCUT2D eigenvalue weighted by Crippen LogP contribution is -2.38. The van der Waals surface area contributed by atoms with Crippen molar-refractivity contribution in [1.29, 1.82) is 0 Å². The maximum Gasteiger partial charge on any atom is 0.490 e. The van der Waals surface area contributed by atoms with Crippen LogP contribution in [0, 0.1) is 10.7 Å². The number of rotatable bonds is 7. The lowest BCUT2D eigenvalue weighted by atomic mass is 9.70. The molecule has 5 rings (SSSR count). The molecule has 18 heteroatoms. The number of carboxylic acid groups (broad SMARTS) is 1. The first-order chi connectivity index (χ1) is 20.7. The fourth-order valence-electron chi connectivity index (χ4n) is 4.64. The maximum atomic E-state index is 14.5. The average Bonchev–Trinajstić information content (AvgIpc) is 3.62. The second-order valence-corrected chi connectivity index (χ2v) is 10.1. The van der Waals surface area contributed by atoms with E-state index >= 15 is 0 Å². The summed E-state index contributed by atoms with van der Waals surface area (Å²) < 4.78 is 96.9. The summed E-state index contributed by atoms with van der Waals surface area (Å²) in [6.07, 6.45) is -6.36. The summed E-state index contributed by atoms with van der Waals surface area (Å²) >= 11 is 5.09. The van der Waals surface area contributed by atoms with Crippen LogP contribution in [-0.4, -0.2) is 48.7 Å². The van der Waals surface area contributed by atoms with E-state index in [0.717, 1.165) is 11.8 Å². The van der Waals surface area contributed by atoms with Gasteiger partial charge in [0, 0.05) is 18.2 Å². The van der Waals surface area contributed by atoms with Gasteiger partial charge in [0.25, 0.3) is 4.84 Å². The third kappa shape index (κ3) is 8.12. The monoisotopic (exact) mass is 648 g/mol. The Labute approximate surface area is 248 Å². The van der Waals surface area contributed by atoms with E-state index < -0.39 is 47.0 Å². The number of nitrogens with one attached hydrogen (secondary N) is 3. The molecule has 0 bridgehead atoms. The molecule has 0 atom stereocenters. The first kappa shape index (κ1) is 32.4. The van der Waals surface area contributed by atoms with Crippen LogP contribution in [0.15, 0.2) is 53.1 Å². The molecule has 1 saturated carbocycles. The summed E-state index contributed by atoms with van der Waals surface area (Å²) in [5, 5.41) is 23.9. The molecule has 1 aromatic carbocycles. The van der Waals surface area contributed by atoms with E-state index in [1.165, 1.54) is 6.07 Å². The molecule has 1 fully saturated rings. The molecule has 3 heterocycles. The Bertz CT molecular complexity index is 1610. The molecule has 0 aliphatic heterocycles. The van der Waals surface area contributed by atoms with Crippen LogP contribution in [0.5, 0.6) is 5.75 Å². The minimum Gasteiger partial charge on any atom is -0.487 e. The third-order valence-corrected chi connectivity index (χ3v) is 6.85. The van der Waals surface area contributed by atoms with Crippen LogP contribution in [-0.2, 0) is 22.8 Å². The van der Waals surface area contributed by atoms with E-state index in [4.69, 9.17) is 36.3 Å². The fraction of sp³-hybridized carbons (Fsp3) is 0.346. The number of ether oxygens (including phenoxy) is 1. The molecule has 3 aromatic heterocycles. The van der Waals surface area contributed by atoms with E-state index in [2.05, 4.69) is 25.7 Å². The molecule has 10 nitrogen and oxygen atoms in total.